The summed E-state index contributed by atoms with van der Waals surface area (Å²) in [5.41, 5.74) is 2.30. The molecule has 0 bridgehead atoms. The van der Waals surface area contributed by atoms with Crippen LogP contribution in [-0.4, -0.2) is 32.4 Å². The van der Waals surface area contributed by atoms with Gasteiger partial charge >= 0.3 is 5.97 Å². The molecule has 34 heavy (non-hydrogen) atoms. The number of halogens is 2. The topological polar surface area (TPSA) is 92.8 Å². The maximum atomic E-state index is 13.0. The van der Waals surface area contributed by atoms with Crippen LogP contribution in [0.3, 0.4) is 0 Å². The third-order valence-electron chi connectivity index (χ3n) is 5.36. The Labute approximate surface area is 211 Å². The van der Waals surface area contributed by atoms with E-state index in [1.807, 2.05) is 31.2 Å². The average molecular weight is 539 g/mol. The number of benzene rings is 2. The molecule has 2 aromatic carbocycles. The zero-order valence-electron chi connectivity index (χ0n) is 18.1. The lowest BCUT2D eigenvalue weighted by Crippen LogP contribution is -2.43. The maximum Gasteiger partial charge on any atom is 0.338 e. The number of para-hydroxylation sites is 1. The number of hydrogen-bond acceptors (Lipinski definition) is 6. The van der Waals surface area contributed by atoms with E-state index in [0.29, 0.717) is 0 Å². The molecule has 0 unspecified atom stereocenters. The number of amides is 1. The molecule has 1 aliphatic heterocycles. The zero-order chi connectivity index (χ0) is 24.6. The Morgan fingerprint density at radius 3 is 2.47 bits per heavy atom. The van der Waals surface area contributed by atoms with Crippen LogP contribution in [0.15, 0.2) is 59.5 Å². The number of ether oxygens (including phenoxy) is 1. The van der Waals surface area contributed by atoms with Crippen molar-refractivity contribution in [1.82, 2.24) is 0 Å². The van der Waals surface area contributed by atoms with Crippen LogP contribution in [0.1, 0.15) is 29.8 Å². The Hall–Kier alpha value is -2.59. The zero-order valence-corrected chi connectivity index (χ0v) is 21.3. The summed E-state index contributed by atoms with van der Waals surface area (Å²) in [6, 6.07) is 14.5. The fourth-order valence-corrected chi connectivity index (χ4v) is 6.98. The van der Waals surface area contributed by atoms with E-state index < -0.39 is 22.1 Å². The summed E-state index contributed by atoms with van der Waals surface area (Å²) >= 11 is 12.7. The van der Waals surface area contributed by atoms with Crippen molar-refractivity contribution in [3.63, 3.8) is 0 Å². The summed E-state index contributed by atoms with van der Waals surface area (Å²) in [4.78, 5) is 27.1. The van der Waals surface area contributed by atoms with Crippen molar-refractivity contribution in [2.75, 3.05) is 9.62 Å². The number of thiophene rings is 1. The van der Waals surface area contributed by atoms with Gasteiger partial charge in [-0.3, -0.25) is 9.52 Å². The summed E-state index contributed by atoms with van der Waals surface area (Å²) in [7, 11) is -3.95. The van der Waals surface area contributed by atoms with Crippen LogP contribution >= 0.6 is 34.5 Å². The number of fused-ring (bicyclic) bond motifs is 1. The van der Waals surface area contributed by atoms with E-state index in [4.69, 9.17) is 27.9 Å². The summed E-state index contributed by atoms with van der Waals surface area (Å²) in [5, 5.41) is 0. The lowest BCUT2D eigenvalue weighted by atomic mass is 10.1. The first-order chi connectivity index (χ1) is 16.1. The van der Waals surface area contributed by atoms with Gasteiger partial charge in [-0.15, -0.1) is 11.3 Å². The second-order valence-electron chi connectivity index (χ2n) is 7.81. The molecule has 1 aliphatic rings. The number of esters is 1. The lowest BCUT2D eigenvalue weighted by Gasteiger charge is -2.26. The van der Waals surface area contributed by atoms with Gasteiger partial charge in [-0.25, -0.2) is 13.2 Å². The number of carbonyl (C=O) groups excluding carboxylic acids is 2. The summed E-state index contributed by atoms with van der Waals surface area (Å²) < 4.78 is 33.2. The van der Waals surface area contributed by atoms with Gasteiger partial charge in [0.2, 0.25) is 0 Å². The van der Waals surface area contributed by atoms with Crippen LogP contribution in [-0.2, 0) is 26.0 Å². The molecule has 7 nitrogen and oxygen atoms in total. The van der Waals surface area contributed by atoms with Crippen LogP contribution in [0.25, 0.3) is 0 Å². The standard InChI is InChI=1S/C23H20Cl2N2O5S2/c1-13-11-16-5-3-4-6-18(16)27(13)22(28)14(2)32-23(29)15-7-9-17(10-8-15)26-34(30,31)19-12-20(24)33-21(19)25/h3-10,12-14,26H,11H2,1-2H3/t13-,14+/m0/s1. The van der Waals surface area contributed by atoms with Crippen LogP contribution in [0.2, 0.25) is 8.67 Å². The molecular weight excluding hydrogens is 519 g/mol. The smallest absolute Gasteiger partial charge is 0.338 e. The highest BCUT2D eigenvalue weighted by Gasteiger charge is 2.34. The molecule has 3 aromatic rings. The third-order valence-corrected chi connectivity index (χ3v) is 8.50. The molecule has 1 amide bonds. The van der Waals surface area contributed by atoms with E-state index in [1.165, 1.54) is 37.3 Å². The third kappa shape index (κ3) is 4.93. The first-order valence-corrected chi connectivity index (χ1v) is 13.3. The Bertz CT molecular complexity index is 1360. The van der Waals surface area contributed by atoms with Gasteiger partial charge in [-0.1, -0.05) is 41.4 Å². The average Bonchev–Trinajstić information content (AvgIpc) is 3.31. The minimum absolute atomic E-state index is 0.0371. The van der Waals surface area contributed by atoms with E-state index in [1.54, 1.807) is 4.90 Å². The minimum atomic E-state index is -3.95. The number of hydrogen-bond donors (Lipinski definition) is 1. The molecule has 0 saturated carbocycles. The fraction of sp³-hybridized carbons (Fsp3) is 0.217. The highest BCUT2D eigenvalue weighted by molar-refractivity contribution is 7.93. The number of nitrogens with zero attached hydrogens (tertiary/aromatic N) is 1. The Morgan fingerprint density at radius 2 is 1.82 bits per heavy atom. The van der Waals surface area contributed by atoms with Crippen molar-refractivity contribution in [2.24, 2.45) is 0 Å². The molecule has 0 radical (unpaired) electrons. The second-order valence-corrected chi connectivity index (χ2v) is 11.7. The maximum absolute atomic E-state index is 13.0. The van der Waals surface area contributed by atoms with E-state index in [2.05, 4.69) is 4.72 Å². The van der Waals surface area contributed by atoms with Gasteiger partial charge in [-0.2, -0.15) is 0 Å². The molecule has 178 valence electrons. The van der Waals surface area contributed by atoms with Crippen LogP contribution < -0.4 is 9.62 Å². The van der Waals surface area contributed by atoms with Gasteiger partial charge in [0, 0.05) is 17.4 Å². The predicted octanol–water partition coefficient (Wildman–Crippen LogP) is 5.38. The predicted molar refractivity (Wildman–Crippen MR) is 134 cm³/mol. The second kappa shape index (κ2) is 9.58. The molecule has 11 heteroatoms. The first-order valence-electron chi connectivity index (χ1n) is 10.3. The van der Waals surface area contributed by atoms with Gasteiger partial charge in [0.15, 0.2) is 6.10 Å². The number of anilines is 2. The van der Waals surface area contributed by atoms with Crippen molar-refractivity contribution in [3.8, 4) is 0 Å². The molecule has 2 atom stereocenters. The van der Waals surface area contributed by atoms with Crippen molar-refractivity contribution < 1.29 is 22.7 Å². The van der Waals surface area contributed by atoms with Crippen LogP contribution in [0.5, 0.6) is 0 Å². The molecule has 1 N–H and O–H groups in total. The van der Waals surface area contributed by atoms with E-state index in [9.17, 15) is 18.0 Å². The molecule has 4 rings (SSSR count). The Balaban J connectivity index is 1.42. The molecular formula is C23H20Cl2N2O5S2. The van der Waals surface area contributed by atoms with Gasteiger partial charge in [0.25, 0.3) is 15.9 Å². The number of rotatable bonds is 6. The summed E-state index contributed by atoms with van der Waals surface area (Å²) in [6.07, 6.45) is -0.257. The van der Waals surface area contributed by atoms with Crippen molar-refractivity contribution in [3.05, 3.63) is 74.4 Å². The number of nitrogens with one attached hydrogen (secondary N) is 1. The van der Waals surface area contributed by atoms with Gasteiger partial charge in [0.1, 0.15) is 9.23 Å². The normalized spacial score (nSPS) is 16.1. The fourth-order valence-electron chi connectivity index (χ4n) is 3.77. The monoisotopic (exact) mass is 538 g/mol. The van der Waals surface area contributed by atoms with E-state index in [0.717, 1.165) is 29.0 Å². The highest BCUT2D eigenvalue weighted by atomic mass is 35.5. The van der Waals surface area contributed by atoms with Gasteiger partial charge < -0.3 is 9.64 Å². The Morgan fingerprint density at radius 1 is 1.15 bits per heavy atom. The van der Waals surface area contributed by atoms with Gasteiger partial charge in [-0.05, 0) is 62.2 Å². The van der Waals surface area contributed by atoms with Crippen molar-refractivity contribution in [1.29, 1.82) is 0 Å². The summed E-state index contributed by atoms with van der Waals surface area (Å²) in [6.45, 7) is 3.48. The first kappa shape index (κ1) is 24.5. The minimum Gasteiger partial charge on any atom is -0.449 e. The molecule has 0 fully saturated rings. The van der Waals surface area contributed by atoms with Crippen molar-refractivity contribution in [2.45, 2.75) is 37.3 Å². The van der Waals surface area contributed by atoms with Crippen LogP contribution in [0, 0.1) is 0 Å². The Kier molecular flexibility index (Phi) is 6.91. The lowest BCUT2D eigenvalue weighted by molar-refractivity contribution is -0.126. The van der Waals surface area contributed by atoms with Gasteiger partial charge in [0.05, 0.1) is 9.90 Å². The molecule has 0 spiro atoms. The van der Waals surface area contributed by atoms with Crippen LogP contribution in [0.4, 0.5) is 11.4 Å². The SMILES string of the molecule is C[C@@H](OC(=O)c1ccc(NS(=O)(=O)c2cc(Cl)sc2Cl)cc1)C(=O)N1c2ccccc2C[C@@H]1C. The van der Waals surface area contributed by atoms with E-state index in [-0.39, 0.29) is 36.8 Å². The highest BCUT2D eigenvalue weighted by Crippen LogP contribution is 2.35. The molecule has 1 aromatic heterocycles. The number of carbonyl (C=O) groups is 2. The van der Waals surface area contributed by atoms with E-state index >= 15 is 0 Å². The molecule has 0 aliphatic carbocycles. The molecule has 2 heterocycles. The number of sulfonamides is 1. The quantitative estimate of drug-likeness (QED) is 0.425. The molecule has 0 saturated heterocycles. The summed E-state index contributed by atoms with van der Waals surface area (Å²) in [5.74, 6) is -0.996. The largest absolute Gasteiger partial charge is 0.449 e. The van der Waals surface area contributed by atoms with Crippen molar-refractivity contribution >= 4 is 67.8 Å².